The number of ether oxygens (including phenoxy) is 4. The normalized spacial score (nSPS) is 17.4. The highest BCUT2D eigenvalue weighted by Crippen LogP contribution is 2.12. The fraction of sp³-hybridized carbons (Fsp3) is 0.600. The van der Waals surface area contributed by atoms with Crippen LogP contribution in [0.4, 0.5) is 0 Å². The molecule has 0 bridgehead atoms. The molecule has 0 aliphatic carbocycles. The second-order valence-corrected chi connectivity index (χ2v) is 2.75. The van der Waals surface area contributed by atoms with Crippen molar-refractivity contribution in [3.63, 3.8) is 0 Å². The number of hydrogen-bond donors (Lipinski definition) is 0. The highest BCUT2D eigenvalue weighted by atomic mass is 16.5. The van der Waals surface area contributed by atoms with Crippen molar-refractivity contribution in [2.75, 3.05) is 33.5 Å². The van der Waals surface area contributed by atoms with Crippen LogP contribution in [-0.4, -0.2) is 33.5 Å². The van der Waals surface area contributed by atoms with Crippen molar-refractivity contribution in [1.29, 1.82) is 0 Å². The second-order valence-electron chi connectivity index (χ2n) is 2.75. The van der Waals surface area contributed by atoms with Crippen molar-refractivity contribution in [3.05, 3.63) is 24.4 Å². The molecule has 80 valence electrons. The molecule has 0 N–H and O–H groups in total. The van der Waals surface area contributed by atoms with Gasteiger partial charge < -0.3 is 18.9 Å². The first-order chi connectivity index (χ1) is 6.93. The van der Waals surface area contributed by atoms with Gasteiger partial charge in [0.15, 0.2) is 0 Å². The molecule has 0 amide bonds. The predicted molar refractivity (Wildman–Crippen MR) is 51.6 cm³/mol. The van der Waals surface area contributed by atoms with Crippen LogP contribution in [0, 0.1) is 0 Å². The lowest BCUT2D eigenvalue weighted by Gasteiger charge is -2.04. The fourth-order valence-corrected chi connectivity index (χ4v) is 0.927. The van der Waals surface area contributed by atoms with E-state index in [-0.39, 0.29) is 0 Å². The Morgan fingerprint density at radius 1 is 1.36 bits per heavy atom. The molecule has 0 aromatic rings. The molecule has 0 fully saturated rings. The van der Waals surface area contributed by atoms with E-state index in [1.54, 1.807) is 19.6 Å². The van der Waals surface area contributed by atoms with Crippen LogP contribution in [0.5, 0.6) is 0 Å². The van der Waals surface area contributed by atoms with Crippen molar-refractivity contribution in [3.8, 4) is 0 Å². The summed E-state index contributed by atoms with van der Waals surface area (Å²) in [6, 6.07) is 0. The van der Waals surface area contributed by atoms with Gasteiger partial charge in [-0.25, -0.2) is 0 Å². The highest BCUT2D eigenvalue weighted by molar-refractivity contribution is 5.03. The predicted octanol–water partition coefficient (Wildman–Crippen LogP) is 1.44. The van der Waals surface area contributed by atoms with Crippen LogP contribution in [0.15, 0.2) is 24.4 Å². The van der Waals surface area contributed by atoms with Crippen LogP contribution in [0.25, 0.3) is 0 Å². The lowest BCUT2D eigenvalue weighted by Crippen LogP contribution is -2.06. The Labute approximate surface area is 84.1 Å². The van der Waals surface area contributed by atoms with E-state index in [0.717, 1.165) is 12.2 Å². The number of methoxy groups -OCH3 is 1. The summed E-state index contributed by atoms with van der Waals surface area (Å²) in [5, 5.41) is 0. The van der Waals surface area contributed by atoms with E-state index in [0.29, 0.717) is 26.4 Å². The highest BCUT2D eigenvalue weighted by Gasteiger charge is 2.00. The van der Waals surface area contributed by atoms with Gasteiger partial charge in [-0.2, -0.15) is 0 Å². The monoisotopic (exact) mass is 200 g/mol. The molecule has 1 heterocycles. The van der Waals surface area contributed by atoms with Gasteiger partial charge in [0.2, 0.25) is 0 Å². The maximum absolute atomic E-state index is 5.20. The first-order valence-electron chi connectivity index (χ1n) is 4.62. The van der Waals surface area contributed by atoms with Crippen LogP contribution in [0.2, 0.25) is 0 Å². The molecule has 0 aromatic heterocycles. The molecular weight excluding hydrogens is 184 g/mol. The van der Waals surface area contributed by atoms with Crippen LogP contribution in [0.1, 0.15) is 6.42 Å². The van der Waals surface area contributed by atoms with Gasteiger partial charge in [-0.15, -0.1) is 0 Å². The summed E-state index contributed by atoms with van der Waals surface area (Å²) in [7, 11) is 1.65. The zero-order valence-corrected chi connectivity index (χ0v) is 8.40. The van der Waals surface area contributed by atoms with E-state index in [1.165, 1.54) is 0 Å². The van der Waals surface area contributed by atoms with Gasteiger partial charge in [-0.1, -0.05) is 0 Å². The standard InChI is InChI=1S/C10H16O4/c1-11-5-6-12-7-8-13-9-10-3-2-4-14-10/h2,4,9H,3,5-8H2,1H3. The Bertz CT molecular complexity index is 188. The molecule has 0 spiro atoms. The quantitative estimate of drug-likeness (QED) is 0.460. The van der Waals surface area contributed by atoms with Gasteiger partial charge in [0, 0.05) is 13.5 Å². The summed E-state index contributed by atoms with van der Waals surface area (Å²) in [5.41, 5.74) is 0. The molecular formula is C10H16O4. The first kappa shape index (κ1) is 11.1. The summed E-state index contributed by atoms with van der Waals surface area (Å²) >= 11 is 0. The third kappa shape index (κ3) is 4.89. The average Bonchev–Trinajstić information content (AvgIpc) is 2.69. The van der Waals surface area contributed by atoms with Crippen molar-refractivity contribution in [1.82, 2.24) is 0 Å². The van der Waals surface area contributed by atoms with Crippen LogP contribution < -0.4 is 0 Å². The molecule has 14 heavy (non-hydrogen) atoms. The van der Waals surface area contributed by atoms with Crippen molar-refractivity contribution in [2.45, 2.75) is 6.42 Å². The van der Waals surface area contributed by atoms with E-state index < -0.39 is 0 Å². The number of allylic oxidation sites excluding steroid dienone is 1. The van der Waals surface area contributed by atoms with E-state index in [2.05, 4.69) is 0 Å². The van der Waals surface area contributed by atoms with Crippen LogP contribution in [-0.2, 0) is 18.9 Å². The molecule has 1 aliphatic heterocycles. The Kier molecular flexibility index (Phi) is 5.86. The number of hydrogen-bond acceptors (Lipinski definition) is 4. The molecule has 4 nitrogen and oxygen atoms in total. The minimum absolute atomic E-state index is 0.538. The van der Waals surface area contributed by atoms with Gasteiger partial charge in [0.05, 0.1) is 26.1 Å². The zero-order chi connectivity index (χ0) is 10.1. The van der Waals surface area contributed by atoms with E-state index >= 15 is 0 Å². The van der Waals surface area contributed by atoms with Crippen LogP contribution >= 0.6 is 0 Å². The topological polar surface area (TPSA) is 36.9 Å². The average molecular weight is 200 g/mol. The zero-order valence-electron chi connectivity index (χ0n) is 8.40. The van der Waals surface area contributed by atoms with E-state index in [4.69, 9.17) is 18.9 Å². The maximum atomic E-state index is 5.20. The SMILES string of the molecule is COCCOCCOC=C1CC=CO1. The van der Waals surface area contributed by atoms with Crippen LogP contribution in [0.3, 0.4) is 0 Å². The second kappa shape index (κ2) is 7.41. The summed E-state index contributed by atoms with van der Waals surface area (Å²) in [6.45, 7) is 2.33. The third-order valence-electron chi connectivity index (χ3n) is 1.63. The van der Waals surface area contributed by atoms with Gasteiger partial charge in [-0.05, 0) is 6.08 Å². The number of rotatable bonds is 7. The maximum Gasteiger partial charge on any atom is 0.141 e. The van der Waals surface area contributed by atoms with Gasteiger partial charge in [-0.3, -0.25) is 0 Å². The fourth-order valence-electron chi connectivity index (χ4n) is 0.927. The summed E-state index contributed by atoms with van der Waals surface area (Å²) < 4.78 is 20.3. The van der Waals surface area contributed by atoms with Gasteiger partial charge >= 0.3 is 0 Å². The molecule has 1 aliphatic rings. The van der Waals surface area contributed by atoms with E-state index in [1.807, 2.05) is 6.08 Å². The smallest absolute Gasteiger partial charge is 0.141 e. The molecule has 0 saturated carbocycles. The van der Waals surface area contributed by atoms with E-state index in [9.17, 15) is 0 Å². The molecule has 0 unspecified atom stereocenters. The summed E-state index contributed by atoms with van der Waals surface area (Å²) in [6.07, 6.45) is 6.03. The largest absolute Gasteiger partial charge is 0.495 e. The summed E-state index contributed by atoms with van der Waals surface area (Å²) in [4.78, 5) is 0. The molecule has 0 aromatic carbocycles. The Morgan fingerprint density at radius 3 is 2.93 bits per heavy atom. The van der Waals surface area contributed by atoms with Gasteiger partial charge in [0.1, 0.15) is 18.6 Å². The van der Waals surface area contributed by atoms with Crippen molar-refractivity contribution in [2.24, 2.45) is 0 Å². The Hall–Kier alpha value is -1.00. The van der Waals surface area contributed by atoms with Crippen molar-refractivity contribution >= 4 is 0 Å². The molecule has 1 rings (SSSR count). The Balaban J connectivity index is 1.86. The molecule has 0 radical (unpaired) electrons. The third-order valence-corrected chi connectivity index (χ3v) is 1.63. The lowest BCUT2D eigenvalue weighted by molar-refractivity contribution is 0.0451. The first-order valence-corrected chi connectivity index (χ1v) is 4.62. The molecule has 0 saturated heterocycles. The molecule has 4 heteroatoms. The summed E-state index contributed by atoms with van der Waals surface area (Å²) in [5.74, 6) is 0.835. The lowest BCUT2D eigenvalue weighted by atomic mass is 10.4. The Morgan fingerprint density at radius 2 is 2.21 bits per heavy atom. The molecule has 0 atom stereocenters. The minimum Gasteiger partial charge on any atom is -0.495 e. The van der Waals surface area contributed by atoms with Gasteiger partial charge in [0.25, 0.3) is 0 Å². The minimum atomic E-state index is 0.538. The van der Waals surface area contributed by atoms with Crippen molar-refractivity contribution < 1.29 is 18.9 Å².